The summed E-state index contributed by atoms with van der Waals surface area (Å²) in [6.07, 6.45) is 11.8. The van der Waals surface area contributed by atoms with Crippen LogP contribution < -0.4 is 10.6 Å². The van der Waals surface area contributed by atoms with Gasteiger partial charge in [0.2, 0.25) is 0 Å². The number of aryl methyl sites for hydroxylation is 2. The molecule has 0 spiro atoms. The Labute approximate surface area is 189 Å². The van der Waals surface area contributed by atoms with Crippen LogP contribution in [0.4, 0.5) is 21.0 Å². The first kappa shape index (κ1) is 23.2. The van der Waals surface area contributed by atoms with E-state index in [4.69, 9.17) is 0 Å². The molecule has 8 nitrogen and oxygen atoms in total. The van der Waals surface area contributed by atoms with Crippen LogP contribution >= 0.6 is 0 Å². The molecule has 0 aliphatic carbocycles. The highest BCUT2D eigenvalue weighted by Gasteiger charge is 2.10. The van der Waals surface area contributed by atoms with Gasteiger partial charge >= 0.3 is 12.1 Å². The summed E-state index contributed by atoms with van der Waals surface area (Å²) in [5, 5.41) is 14.3. The fraction of sp³-hybridized carbons (Fsp3) is 0.417. The number of carbonyl (C=O) groups is 2. The van der Waals surface area contributed by atoms with Crippen LogP contribution in [-0.2, 0) is 12.8 Å². The fourth-order valence-corrected chi connectivity index (χ4v) is 3.33. The van der Waals surface area contributed by atoms with Crippen molar-refractivity contribution in [3.8, 4) is 0 Å². The molecule has 2 aromatic heterocycles. The van der Waals surface area contributed by atoms with Gasteiger partial charge in [-0.2, -0.15) is 19.6 Å². The van der Waals surface area contributed by atoms with E-state index in [0.717, 1.165) is 62.8 Å². The Bertz CT molecular complexity index is 924. The van der Waals surface area contributed by atoms with Gasteiger partial charge in [0, 0.05) is 23.8 Å². The molecule has 0 aliphatic rings. The standard InChI is InChI=1S/C24H32N6O2/c1-3-5-7-9-21-15-17-29(27-21)23(31)25-19-11-13-20(14-12-19)26-24(32)30-18-16-22(28-30)10-8-6-4-2/h11-18H,3-10H2,1-2H3,(H,25,31)(H,26,32). The van der Waals surface area contributed by atoms with Crippen LogP contribution in [0.3, 0.4) is 0 Å². The number of nitrogens with zero attached hydrogens (tertiary/aromatic N) is 4. The van der Waals surface area contributed by atoms with E-state index in [1.54, 1.807) is 36.7 Å². The maximum absolute atomic E-state index is 12.4. The molecule has 0 saturated heterocycles. The monoisotopic (exact) mass is 436 g/mol. The van der Waals surface area contributed by atoms with Gasteiger partial charge in [-0.05, 0) is 62.1 Å². The lowest BCUT2D eigenvalue weighted by molar-refractivity contribution is 0.250. The highest BCUT2D eigenvalue weighted by atomic mass is 16.2. The Balaban J connectivity index is 1.50. The molecule has 0 atom stereocenters. The van der Waals surface area contributed by atoms with E-state index < -0.39 is 0 Å². The number of amides is 2. The zero-order chi connectivity index (χ0) is 22.8. The summed E-state index contributed by atoms with van der Waals surface area (Å²) in [4.78, 5) is 24.8. The Kier molecular flexibility index (Phi) is 8.60. The summed E-state index contributed by atoms with van der Waals surface area (Å²) >= 11 is 0. The average molecular weight is 437 g/mol. The lowest BCUT2D eigenvalue weighted by Crippen LogP contribution is -2.21. The number of hydrogen-bond acceptors (Lipinski definition) is 4. The number of anilines is 2. The summed E-state index contributed by atoms with van der Waals surface area (Å²) in [5.74, 6) is 0. The molecule has 0 saturated carbocycles. The van der Waals surface area contributed by atoms with E-state index in [1.807, 2.05) is 12.1 Å². The van der Waals surface area contributed by atoms with E-state index in [1.165, 1.54) is 9.36 Å². The van der Waals surface area contributed by atoms with Crippen LogP contribution in [-0.4, -0.2) is 31.6 Å². The fourth-order valence-electron chi connectivity index (χ4n) is 3.33. The Hall–Kier alpha value is -3.42. The van der Waals surface area contributed by atoms with Gasteiger partial charge < -0.3 is 10.6 Å². The van der Waals surface area contributed by atoms with Crippen LogP contribution in [0.2, 0.25) is 0 Å². The van der Waals surface area contributed by atoms with Crippen molar-refractivity contribution in [2.24, 2.45) is 0 Å². The Morgan fingerprint density at radius 3 is 1.47 bits per heavy atom. The first-order chi connectivity index (χ1) is 15.6. The van der Waals surface area contributed by atoms with Crippen LogP contribution in [0.1, 0.15) is 63.8 Å². The van der Waals surface area contributed by atoms with Gasteiger partial charge in [-0.15, -0.1) is 0 Å². The van der Waals surface area contributed by atoms with Gasteiger partial charge in [0.1, 0.15) is 0 Å². The average Bonchev–Trinajstić information content (AvgIpc) is 3.46. The minimum absolute atomic E-state index is 0.323. The second-order valence-electron chi connectivity index (χ2n) is 7.86. The minimum atomic E-state index is -0.323. The van der Waals surface area contributed by atoms with Crippen molar-refractivity contribution in [1.82, 2.24) is 19.6 Å². The van der Waals surface area contributed by atoms with Crippen molar-refractivity contribution in [3.05, 3.63) is 60.2 Å². The predicted octanol–water partition coefficient (Wildman–Crippen LogP) is 5.71. The summed E-state index contributed by atoms with van der Waals surface area (Å²) in [5.41, 5.74) is 3.07. The zero-order valence-corrected chi connectivity index (χ0v) is 18.9. The maximum Gasteiger partial charge on any atom is 0.346 e. The van der Waals surface area contributed by atoms with E-state index in [-0.39, 0.29) is 12.1 Å². The van der Waals surface area contributed by atoms with E-state index >= 15 is 0 Å². The van der Waals surface area contributed by atoms with Gasteiger partial charge in [-0.3, -0.25) is 0 Å². The highest BCUT2D eigenvalue weighted by Crippen LogP contribution is 2.15. The number of unbranched alkanes of at least 4 members (excludes halogenated alkanes) is 4. The molecule has 170 valence electrons. The summed E-state index contributed by atoms with van der Waals surface area (Å²) in [7, 11) is 0. The third-order valence-electron chi connectivity index (χ3n) is 5.17. The number of nitrogens with one attached hydrogen (secondary N) is 2. The predicted molar refractivity (Wildman–Crippen MR) is 126 cm³/mol. The first-order valence-electron chi connectivity index (χ1n) is 11.4. The van der Waals surface area contributed by atoms with Crippen LogP contribution in [0.5, 0.6) is 0 Å². The lowest BCUT2D eigenvalue weighted by Gasteiger charge is -2.08. The second-order valence-corrected chi connectivity index (χ2v) is 7.86. The Morgan fingerprint density at radius 1 is 0.688 bits per heavy atom. The number of hydrogen-bond donors (Lipinski definition) is 2. The molecular formula is C24H32N6O2. The van der Waals surface area contributed by atoms with Crippen molar-refractivity contribution in [2.45, 2.75) is 65.2 Å². The van der Waals surface area contributed by atoms with Crippen LogP contribution in [0, 0.1) is 0 Å². The summed E-state index contributed by atoms with van der Waals surface area (Å²) in [6, 6.07) is 10.0. The number of benzene rings is 1. The largest absolute Gasteiger partial charge is 0.346 e. The summed E-state index contributed by atoms with van der Waals surface area (Å²) < 4.78 is 2.62. The molecule has 2 N–H and O–H groups in total. The number of carbonyl (C=O) groups excluding carboxylic acids is 2. The van der Waals surface area contributed by atoms with Crippen LogP contribution in [0.15, 0.2) is 48.8 Å². The SMILES string of the molecule is CCCCCc1ccn(C(=O)Nc2ccc(NC(=O)n3ccc(CCCCC)n3)cc2)n1. The molecule has 3 aromatic rings. The van der Waals surface area contributed by atoms with Gasteiger partial charge in [0.05, 0.1) is 11.4 Å². The molecule has 1 aromatic carbocycles. The molecule has 2 amide bonds. The van der Waals surface area contributed by atoms with Crippen LogP contribution in [0.25, 0.3) is 0 Å². The van der Waals surface area contributed by atoms with Gasteiger partial charge in [0.25, 0.3) is 0 Å². The number of rotatable bonds is 10. The summed E-state index contributed by atoms with van der Waals surface area (Å²) in [6.45, 7) is 4.32. The molecular weight excluding hydrogens is 404 g/mol. The molecule has 0 unspecified atom stereocenters. The lowest BCUT2D eigenvalue weighted by atomic mass is 10.2. The topological polar surface area (TPSA) is 93.8 Å². The molecule has 32 heavy (non-hydrogen) atoms. The number of aromatic nitrogens is 4. The molecule has 2 heterocycles. The van der Waals surface area contributed by atoms with Gasteiger partial charge in [-0.1, -0.05) is 39.5 Å². The first-order valence-corrected chi connectivity index (χ1v) is 11.4. The highest BCUT2D eigenvalue weighted by molar-refractivity contribution is 5.92. The van der Waals surface area contributed by atoms with Gasteiger partial charge in [-0.25, -0.2) is 9.59 Å². The van der Waals surface area contributed by atoms with E-state index in [2.05, 4.69) is 34.7 Å². The van der Waals surface area contributed by atoms with Crippen molar-refractivity contribution in [2.75, 3.05) is 10.6 Å². The quantitative estimate of drug-likeness (QED) is 0.398. The molecule has 8 heteroatoms. The van der Waals surface area contributed by atoms with E-state index in [9.17, 15) is 9.59 Å². The molecule has 0 fully saturated rings. The maximum atomic E-state index is 12.4. The van der Waals surface area contributed by atoms with Crippen molar-refractivity contribution in [3.63, 3.8) is 0 Å². The van der Waals surface area contributed by atoms with Gasteiger partial charge in [0.15, 0.2) is 0 Å². The molecule has 0 radical (unpaired) electrons. The third kappa shape index (κ3) is 6.80. The van der Waals surface area contributed by atoms with Crippen molar-refractivity contribution >= 4 is 23.4 Å². The smallest absolute Gasteiger partial charge is 0.306 e. The molecule has 3 rings (SSSR count). The second kappa shape index (κ2) is 11.8. The zero-order valence-electron chi connectivity index (χ0n) is 18.9. The molecule has 0 bridgehead atoms. The minimum Gasteiger partial charge on any atom is -0.306 e. The van der Waals surface area contributed by atoms with E-state index in [0.29, 0.717) is 11.4 Å². The third-order valence-corrected chi connectivity index (χ3v) is 5.17. The molecule has 0 aliphatic heterocycles. The Morgan fingerprint density at radius 2 is 1.09 bits per heavy atom. The van der Waals surface area contributed by atoms with Crippen molar-refractivity contribution in [1.29, 1.82) is 0 Å². The van der Waals surface area contributed by atoms with Crippen molar-refractivity contribution < 1.29 is 9.59 Å². The normalized spacial score (nSPS) is 10.8.